The fraction of sp³-hybridized carbons (Fsp3) is 0.467. The molecule has 1 aromatic carbocycles. The van der Waals surface area contributed by atoms with Gasteiger partial charge in [-0.3, -0.25) is 4.79 Å². The van der Waals surface area contributed by atoms with E-state index < -0.39 is 5.97 Å². The molecular weight excluding hydrogens is 310 g/mol. The molecule has 0 fully saturated rings. The molecule has 1 N–H and O–H groups in total. The molecule has 7 heteroatoms. The maximum absolute atomic E-state index is 11.9. The first kappa shape index (κ1) is 16.4. The fourth-order valence-electron chi connectivity index (χ4n) is 1.95. The normalized spacial score (nSPS) is 12.1. The standard InChI is InChI=1S/C15H18ClNO5/c1-2-3-4-5-17-13(18)8-20-15(19)10-6-11(16)14-12(7-10)21-9-22-14/h6-7H,2-5,8-9H2,1H3,(H,17,18). The molecule has 1 aromatic rings. The van der Waals surface area contributed by atoms with E-state index in [9.17, 15) is 9.59 Å². The van der Waals surface area contributed by atoms with E-state index in [1.807, 2.05) is 0 Å². The van der Waals surface area contributed by atoms with Gasteiger partial charge in [-0.25, -0.2) is 4.79 Å². The largest absolute Gasteiger partial charge is 0.454 e. The number of hydrogen-bond acceptors (Lipinski definition) is 5. The zero-order valence-corrected chi connectivity index (χ0v) is 13.1. The van der Waals surface area contributed by atoms with Crippen LogP contribution in [0.4, 0.5) is 0 Å². The Morgan fingerprint density at radius 3 is 2.91 bits per heavy atom. The Kier molecular flexibility index (Phi) is 5.89. The molecule has 1 amide bonds. The van der Waals surface area contributed by atoms with Crippen LogP contribution in [0, 0.1) is 0 Å². The van der Waals surface area contributed by atoms with Gasteiger partial charge in [0.1, 0.15) is 0 Å². The molecule has 6 nitrogen and oxygen atoms in total. The first-order valence-corrected chi connectivity index (χ1v) is 7.52. The Morgan fingerprint density at radius 1 is 1.32 bits per heavy atom. The number of hydrogen-bond donors (Lipinski definition) is 1. The predicted molar refractivity (Wildman–Crippen MR) is 80.4 cm³/mol. The first-order chi connectivity index (χ1) is 10.6. The number of amides is 1. The molecule has 120 valence electrons. The molecule has 0 aliphatic carbocycles. The van der Waals surface area contributed by atoms with Gasteiger partial charge in [-0.15, -0.1) is 0 Å². The number of rotatable bonds is 7. The Morgan fingerprint density at radius 2 is 2.14 bits per heavy atom. The maximum Gasteiger partial charge on any atom is 0.338 e. The number of esters is 1. The van der Waals surface area contributed by atoms with Crippen molar-refractivity contribution in [1.82, 2.24) is 5.32 Å². The molecule has 0 saturated heterocycles. The van der Waals surface area contributed by atoms with Crippen LogP contribution in [0.25, 0.3) is 0 Å². The quantitative estimate of drug-likeness (QED) is 0.615. The summed E-state index contributed by atoms with van der Waals surface area (Å²) in [6.45, 7) is 2.41. The first-order valence-electron chi connectivity index (χ1n) is 7.14. The summed E-state index contributed by atoms with van der Waals surface area (Å²) in [5.74, 6) is -0.157. The Labute approximate surface area is 133 Å². The van der Waals surface area contributed by atoms with Crippen molar-refractivity contribution in [3.63, 3.8) is 0 Å². The maximum atomic E-state index is 11.9. The monoisotopic (exact) mass is 327 g/mol. The summed E-state index contributed by atoms with van der Waals surface area (Å²) < 4.78 is 15.3. The molecule has 0 aromatic heterocycles. The number of carbonyl (C=O) groups is 2. The molecule has 1 aliphatic heterocycles. The minimum atomic E-state index is -0.635. The van der Waals surface area contributed by atoms with E-state index in [1.165, 1.54) is 12.1 Å². The topological polar surface area (TPSA) is 73.9 Å². The van der Waals surface area contributed by atoms with Gasteiger partial charge in [0.05, 0.1) is 10.6 Å². The van der Waals surface area contributed by atoms with Gasteiger partial charge in [0.2, 0.25) is 6.79 Å². The molecule has 1 aliphatic rings. The summed E-state index contributed by atoms with van der Waals surface area (Å²) in [6.07, 6.45) is 3.04. The second-order valence-corrected chi connectivity index (χ2v) is 5.23. The molecule has 0 atom stereocenters. The third kappa shape index (κ3) is 4.27. The van der Waals surface area contributed by atoms with Crippen LogP contribution in [0.1, 0.15) is 36.5 Å². The van der Waals surface area contributed by atoms with Crippen LogP contribution in [0.15, 0.2) is 12.1 Å². The van der Waals surface area contributed by atoms with Crippen molar-refractivity contribution in [1.29, 1.82) is 0 Å². The zero-order valence-electron chi connectivity index (χ0n) is 12.3. The molecule has 0 saturated carbocycles. The molecule has 1 heterocycles. The van der Waals surface area contributed by atoms with E-state index in [0.29, 0.717) is 18.0 Å². The fourth-order valence-corrected chi connectivity index (χ4v) is 2.22. The number of benzene rings is 1. The molecule has 0 bridgehead atoms. The molecular formula is C15H18ClNO5. The van der Waals surface area contributed by atoms with Crippen LogP contribution in [0.5, 0.6) is 11.5 Å². The van der Waals surface area contributed by atoms with Crippen molar-refractivity contribution in [2.45, 2.75) is 26.2 Å². The highest BCUT2D eigenvalue weighted by Gasteiger charge is 2.21. The number of carbonyl (C=O) groups excluding carboxylic acids is 2. The highest BCUT2D eigenvalue weighted by atomic mass is 35.5. The highest BCUT2D eigenvalue weighted by molar-refractivity contribution is 6.32. The second-order valence-electron chi connectivity index (χ2n) is 4.83. The number of nitrogens with one attached hydrogen (secondary N) is 1. The van der Waals surface area contributed by atoms with Gasteiger partial charge in [-0.05, 0) is 18.6 Å². The van der Waals surface area contributed by atoms with Crippen LogP contribution < -0.4 is 14.8 Å². The third-order valence-electron chi connectivity index (χ3n) is 3.10. The average Bonchev–Trinajstić information content (AvgIpc) is 2.98. The minimum absolute atomic E-state index is 0.0632. The highest BCUT2D eigenvalue weighted by Crippen LogP contribution is 2.39. The van der Waals surface area contributed by atoms with Crippen LogP contribution in [0.3, 0.4) is 0 Å². The molecule has 0 spiro atoms. The van der Waals surface area contributed by atoms with E-state index in [2.05, 4.69) is 12.2 Å². The lowest BCUT2D eigenvalue weighted by Crippen LogP contribution is -2.29. The van der Waals surface area contributed by atoms with Crippen molar-refractivity contribution >= 4 is 23.5 Å². The molecule has 2 rings (SSSR count). The number of fused-ring (bicyclic) bond motifs is 1. The lowest BCUT2D eigenvalue weighted by Gasteiger charge is -2.07. The average molecular weight is 328 g/mol. The SMILES string of the molecule is CCCCCNC(=O)COC(=O)c1cc(Cl)c2c(c1)OCO2. The lowest BCUT2D eigenvalue weighted by molar-refractivity contribution is -0.124. The van der Waals surface area contributed by atoms with Gasteiger partial charge in [-0.1, -0.05) is 31.4 Å². The van der Waals surface area contributed by atoms with Gasteiger partial charge >= 0.3 is 5.97 Å². The lowest BCUT2D eigenvalue weighted by atomic mass is 10.2. The second kappa shape index (κ2) is 7.89. The molecule has 0 unspecified atom stereocenters. The zero-order chi connectivity index (χ0) is 15.9. The number of ether oxygens (including phenoxy) is 3. The Bertz CT molecular complexity index is 561. The number of halogens is 1. The van der Waals surface area contributed by atoms with Crippen LogP contribution in [0.2, 0.25) is 5.02 Å². The minimum Gasteiger partial charge on any atom is -0.454 e. The van der Waals surface area contributed by atoms with Gasteiger partial charge in [0.15, 0.2) is 18.1 Å². The van der Waals surface area contributed by atoms with Crippen molar-refractivity contribution < 1.29 is 23.8 Å². The predicted octanol–water partition coefficient (Wildman–Crippen LogP) is 2.53. The molecule has 22 heavy (non-hydrogen) atoms. The van der Waals surface area contributed by atoms with E-state index in [0.717, 1.165) is 19.3 Å². The van der Waals surface area contributed by atoms with E-state index in [4.69, 9.17) is 25.8 Å². The third-order valence-corrected chi connectivity index (χ3v) is 3.38. The van der Waals surface area contributed by atoms with E-state index in [-0.39, 0.29) is 29.9 Å². The number of unbranched alkanes of at least 4 members (excludes halogenated alkanes) is 2. The summed E-state index contributed by atoms with van der Waals surface area (Å²) >= 11 is 5.99. The van der Waals surface area contributed by atoms with Gasteiger partial charge in [-0.2, -0.15) is 0 Å². The summed E-state index contributed by atoms with van der Waals surface area (Å²) in [7, 11) is 0. The van der Waals surface area contributed by atoms with Crippen LogP contribution in [-0.2, 0) is 9.53 Å². The Hall–Kier alpha value is -1.95. The summed E-state index contributed by atoms with van der Waals surface area (Å²) in [5, 5.41) is 2.96. The summed E-state index contributed by atoms with van der Waals surface area (Å²) in [4.78, 5) is 23.5. The van der Waals surface area contributed by atoms with Crippen molar-refractivity contribution in [2.24, 2.45) is 0 Å². The van der Waals surface area contributed by atoms with E-state index >= 15 is 0 Å². The van der Waals surface area contributed by atoms with Crippen LogP contribution in [-0.4, -0.2) is 31.8 Å². The van der Waals surface area contributed by atoms with E-state index in [1.54, 1.807) is 0 Å². The summed E-state index contributed by atoms with van der Waals surface area (Å²) in [5.41, 5.74) is 0.216. The summed E-state index contributed by atoms with van der Waals surface area (Å²) in [6, 6.07) is 2.91. The van der Waals surface area contributed by atoms with Crippen LogP contribution >= 0.6 is 11.6 Å². The Balaban J connectivity index is 1.83. The van der Waals surface area contributed by atoms with Gasteiger partial charge in [0, 0.05) is 6.54 Å². The van der Waals surface area contributed by atoms with Crippen molar-refractivity contribution in [3.05, 3.63) is 22.7 Å². The smallest absolute Gasteiger partial charge is 0.338 e. The molecule has 0 radical (unpaired) electrons. The van der Waals surface area contributed by atoms with Crippen molar-refractivity contribution in [3.8, 4) is 11.5 Å². The van der Waals surface area contributed by atoms with Gasteiger partial charge < -0.3 is 19.5 Å². The van der Waals surface area contributed by atoms with Gasteiger partial charge in [0.25, 0.3) is 5.91 Å². The van der Waals surface area contributed by atoms with Crippen molar-refractivity contribution in [2.75, 3.05) is 19.9 Å².